The summed E-state index contributed by atoms with van der Waals surface area (Å²) >= 11 is 0. The molecule has 1 saturated carbocycles. The van der Waals surface area contributed by atoms with Gasteiger partial charge in [-0.1, -0.05) is 18.2 Å². The summed E-state index contributed by atoms with van der Waals surface area (Å²) in [6, 6.07) is 4.41. The van der Waals surface area contributed by atoms with E-state index >= 15 is 0 Å². The van der Waals surface area contributed by atoms with Crippen molar-refractivity contribution in [3.8, 4) is 11.1 Å². The minimum Gasteiger partial charge on any atom is -0.355 e. The third kappa shape index (κ3) is 6.66. The molecule has 3 aromatic heterocycles. The first kappa shape index (κ1) is 35.0. The number of piperidine rings is 1. The van der Waals surface area contributed by atoms with Crippen LogP contribution in [0.25, 0.3) is 22.0 Å². The highest BCUT2D eigenvalue weighted by molar-refractivity contribution is 6.07. The fraction of sp³-hybridized carbons (Fsp3) is 0.405. The number of Topliss-reactive ketones (excluding diaryl/α,β-unsaturated/α-hetero) is 1. The molecule has 2 fully saturated rings. The number of nitrogens with zero attached hydrogens (tertiary/aromatic N) is 6. The van der Waals surface area contributed by atoms with Crippen LogP contribution in [0, 0.1) is 19.3 Å². The lowest BCUT2D eigenvalue weighted by Gasteiger charge is -2.27. The molecular weight excluding hydrogens is 677 g/mol. The van der Waals surface area contributed by atoms with Crippen LogP contribution < -0.4 is 10.6 Å². The fourth-order valence-electron chi connectivity index (χ4n) is 7.41. The largest absolute Gasteiger partial charge is 0.433 e. The standard InChI is InChI=1S/C37H37F3N8O4/c1-20-10-11-28(37(38,39)40)44-34(20)45-35(52)27-14-36-15-29(36)48(27)31(51)18-47-33-23(8-6-4-5-7-9-30(50)43-19-36)12-24(25-16-41-22(3)42-17-25)13-26(33)32(46-47)21(2)49/h4,6,10-13,16-17,27,29H,5,7-9,14-15,18-19H2,1-3H3,(H,43,50)(H,44,45,52)/b6-4+/t27-,29+,36-/m0/s1. The first-order valence-corrected chi connectivity index (χ1v) is 17.2. The van der Waals surface area contributed by atoms with E-state index in [1.54, 1.807) is 19.3 Å². The number of benzene rings is 1. The summed E-state index contributed by atoms with van der Waals surface area (Å²) < 4.78 is 42.0. The summed E-state index contributed by atoms with van der Waals surface area (Å²) in [5.74, 6) is -1.21. The highest BCUT2D eigenvalue weighted by Crippen LogP contribution is 2.59. The number of carbonyl (C=O) groups is 4. The van der Waals surface area contributed by atoms with Crippen LogP contribution in [0.3, 0.4) is 0 Å². The molecule has 1 aromatic carbocycles. The first-order valence-electron chi connectivity index (χ1n) is 17.2. The molecule has 3 amide bonds. The zero-order valence-corrected chi connectivity index (χ0v) is 28.9. The quantitative estimate of drug-likeness (QED) is 0.218. The van der Waals surface area contributed by atoms with Crippen LogP contribution >= 0.6 is 0 Å². The fourth-order valence-corrected chi connectivity index (χ4v) is 7.41. The second-order valence-corrected chi connectivity index (χ2v) is 13.9. The molecule has 3 aliphatic rings. The SMILES string of the molecule is CC(=O)c1nn2c3c(cc(-c4cnc(C)nc4)cc13)C/C=C/CCCC(=O)NC[C@@]13C[C@@H](C(=O)Nc4nc(C(F)(F)F)ccc4C)N(C(=O)C2)[C@@H]1C3. The maximum atomic E-state index is 14.4. The molecule has 5 heterocycles. The molecule has 4 aromatic rings. The lowest BCUT2D eigenvalue weighted by molar-refractivity contribution is -0.141. The molecule has 1 saturated heterocycles. The van der Waals surface area contributed by atoms with Crippen molar-refractivity contribution < 1.29 is 32.3 Å². The van der Waals surface area contributed by atoms with Gasteiger partial charge in [0.05, 0.1) is 5.52 Å². The number of pyridine rings is 1. The second-order valence-electron chi connectivity index (χ2n) is 13.9. The minimum absolute atomic E-state index is 0.140. The van der Waals surface area contributed by atoms with E-state index in [0.29, 0.717) is 54.4 Å². The first-order chi connectivity index (χ1) is 24.7. The number of carbonyl (C=O) groups excluding carboxylic acids is 4. The molecule has 2 aliphatic heterocycles. The summed E-state index contributed by atoms with van der Waals surface area (Å²) in [5, 5.41) is 10.7. The number of anilines is 1. The molecule has 2 bridgehead atoms. The number of aromatic nitrogens is 5. The van der Waals surface area contributed by atoms with E-state index in [2.05, 4.69) is 30.7 Å². The van der Waals surface area contributed by atoms with Crippen molar-refractivity contribution in [3.05, 3.63) is 77.2 Å². The van der Waals surface area contributed by atoms with Gasteiger partial charge < -0.3 is 15.5 Å². The molecule has 0 unspecified atom stereocenters. The second kappa shape index (κ2) is 13.3. The van der Waals surface area contributed by atoms with E-state index < -0.39 is 41.2 Å². The van der Waals surface area contributed by atoms with E-state index in [4.69, 9.17) is 0 Å². The predicted molar refractivity (Wildman–Crippen MR) is 184 cm³/mol. The van der Waals surface area contributed by atoms with Crippen molar-refractivity contribution in [2.75, 3.05) is 11.9 Å². The van der Waals surface area contributed by atoms with Crippen molar-refractivity contribution in [2.24, 2.45) is 5.41 Å². The molecule has 7 rings (SSSR count). The summed E-state index contributed by atoms with van der Waals surface area (Å²) in [7, 11) is 0. The van der Waals surface area contributed by atoms with Crippen molar-refractivity contribution in [1.82, 2.24) is 34.9 Å². The monoisotopic (exact) mass is 714 g/mol. The van der Waals surface area contributed by atoms with Crippen LogP contribution in [0.1, 0.15) is 72.2 Å². The lowest BCUT2D eigenvalue weighted by atomic mass is 9.98. The normalized spacial score (nSPS) is 22.8. The number of allylic oxidation sites excluding steroid dienone is 2. The van der Waals surface area contributed by atoms with Crippen LogP contribution in [-0.2, 0) is 33.5 Å². The Balaban J connectivity index is 1.29. The van der Waals surface area contributed by atoms with E-state index in [-0.39, 0.29) is 42.7 Å². The Kier molecular flexibility index (Phi) is 8.91. The highest BCUT2D eigenvalue weighted by atomic mass is 19.4. The van der Waals surface area contributed by atoms with Gasteiger partial charge in [0, 0.05) is 54.7 Å². The smallest absolute Gasteiger partial charge is 0.355 e. The van der Waals surface area contributed by atoms with Crippen molar-refractivity contribution in [1.29, 1.82) is 0 Å². The Hall–Kier alpha value is -5.47. The minimum atomic E-state index is -4.72. The van der Waals surface area contributed by atoms with E-state index in [1.165, 1.54) is 29.5 Å². The average molecular weight is 715 g/mol. The predicted octanol–water partition coefficient (Wildman–Crippen LogP) is 5.12. The molecule has 0 radical (unpaired) electrons. The Labute approximate surface area is 296 Å². The summed E-state index contributed by atoms with van der Waals surface area (Å²) in [6.45, 7) is 4.66. The van der Waals surface area contributed by atoms with Gasteiger partial charge in [-0.3, -0.25) is 23.9 Å². The molecule has 3 atom stereocenters. The number of nitrogens with one attached hydrogen (secondary N) is 2. The Bertz CT molecular complexity index is 2140. The molecule has 2 N–H and O–H groups in total. The maximum absolute atomic E-state index is 14.4. The molecule has 1 aliphatic carbocycles. The van der Waals surface area contributed by atoms with Crippen LogP contribution in [0.2, 0.25) is 0 Å². The number of hydrogen-bond donors (Lipinski definition) is 2. The molecule has 15 heteroatoms. The maximum Gasteiger partial charge on any atom is 0.433 e. The summed E-state index contributed by atoms with van der Waals surface area (Å²) in [6.07, 6.45) is 5.40. The number of aryl methyl sites for hydroxylation is 2. The van der Waals surface area contributed by atoms with Gasteiger partial charge in [-0.2, -0.15) is 18.3 Å². The van der Waals surface area contributed by atoms with Crippen LogP contribution in [0.5, 0.6) is 0 Å². The van der Waals surface area contributed by atoms with E-state index in [1.807, 2.05) is 24.3 Å². The number of ketones is 1. The third-order valence-corrected chi connectivity index (χ3v) is 10.2. The molecule has 52 heavy (non-hydrogen) atoms. The summed E-state index contributed by atoms with van der Waals surface area (Å²) in [4.78, 5) is 67.9. The Morgan fingerprint density at radius 1 is 1.04 bits per heavy atom. The number of halogens is 3. The van der Waals surface area contributed by atoms with Gasteiger partial charge in [0.2, 0.25) is 17.7 Å². The zero-order chi connectivity index (χ0) is 36.9. The van der Waals surface area contributed by atoms with Gasteiger partial charge in [0.25, 0.3) is 0 Å². The lowest BCUT2D eigenvalue weighted by Crippen LogP contribution is -2.47. The Morgan fingerprint density at radius 3 is 2.54 bits per heavy atom. The molecular formula is C37H37F3N8O4. The third-order valence-electron chi connectivity index (χ3n) is 10.2. The van der Waals surface area contributed by atoms with Crippen molar-refractivity contribution in [3.63, 3.8) is 0 Å². The van der Waals surface area contributed by atoms with E-state index in [0.717, 1.165) is 22.8 Å². The highest BCUT2D eigenvalue weighted by Gasteiger charge is 2.67. The van der Waals surface area contributed by atoms with Crippen molar-refractivity contribution >= 4 is 40.2 Å². The molecule has 12 nitrogen and oxygen atoms in total. The van der Waals surface area contributed by atoms with Gasteiger partial charge in [-0.25, -0.2) is 15.0 Å². The van der Waals surface area contributed by atoms with Gasteiger partial charge in [0.15, 0.2) is 5.78 Å². The Morgan fingerprint density at radius 2 is 1.81 bits per heavy atom. The van der Waals surface area contributed by atoms with Gasteiger partial charge >= 0.3 is 6.18 Å². The molecule has 0 spiro atoms. The number of hydrogen-bond acceptors (Lipinski definition) is 8. The van der Waals surface area contributed by atoms with Gasteiger partial charge in [-0.15, -0.1) is 0 Å². The zero-order valence-electron chi connectivity index (χ0n) is 28.9. The van der Waals surface area contributed by atoms with E-state index in [9.17, 15) is 32.3 Å². The van der Waals surface area contributed by atoms with Crippen LogP contribution in [0.4, 0.5) is 19.0 Å². The number of alkyl halides is 3. The average Bonchev–Trinajstić information content (AvgIpc) is 3.50. The number of rotatable bonds is 4. The number of amides is 3. The van der Waals surface area contributed by atoms with Crippen molar-refractivity contribution in [2.45, 2.75) is 84.1 Å². The molecule has 270 valence electrons. The van der Waals surface area contributed by atoms with Gasteiger partial charge in [-0.05, 0) is 80.8 Å². The van der Waals surface area contributed by atoms with Crippen LogP contribution in [-0.4, -0.2) is 71.8 Å². The summed E-state index contributed by atoms with van der Waals surface area (Å²) in [5.41, 5.74) is 1.66. The van der Waals surface area contributed by atoms with Crippen LogP contribution in [0.15, 0.2) is 48.8 Å². The van der Waals surface area contributed by atoms with Gasteiger partial charge in [0.1, 0.15) is 35.6 Å². The topological polar surface area (TPSA) is 152 Å².